The summed E-state index contributed by atoms with van der Waals surface area (Å²) in [4.78, 5) is 14.9. The maximum Gasteiger partial charge on any atom is 0.268 e. The van der Waals surface area contributed by atoms with Crippen molar-refractivity contribution in [3.8, 4) is 0 Å². The highest BCUT2D eigenvalue weighted by molar-refractivity contribution is 6.41. The van der Waals surface area contributed by atoms with Crippen LogP contribution in [0, 0.1) is 5.92 Å². The second-order valence-corrected chi connectivity index (χ2v) is 6.21. The SMILES string of the molecule is CC1CCC(CO)(NC(=O)c2cc(Cl)c(Cl)[nH]2)CC1. The van der Waals surface area contributed by atoms with Crippen LogP contribution in [-0.4, -0.2) is 28.1 Å². The van der Waals surface area contributed by atoms with Gasteiger partial charge in [0.15, 0.2) is 0 Å². The summed E-state index contributed by atoms with van der Waals surface area (Å²) in [6, 6.07) is 1.50. The largest absolute Gasteiger partial charge is 0.394 e. The van der Waals surface area contributed by atoms with Gasteiger partial charge in [-0.1, -0.05) is 30.1 Å². The lowest BCUT2D eigenvalue weighted by molar-refractivity contribution is 0.0713. The van der Waals surface area contributed by atoms with Crippen LogP contribution in [0.3, 0.4) is 0 Å². The minimum Gasteiger partial charge on any atom is -0.394 e. The average Bonchev–Trinajstić information content (AvgIpc) is 2.73. The quantitative estimate of drug-likeness (QED) is 0.804. The Morgan fingerprint density at radius 1 is 1.53 bits per heavy atom. The molecule has 0 bridgehead atoms. The Hall–Kier alpha value is -0.710. The van der Waals surface area contributed by atoms with E-state index in [0.717, 1.165) is 25.7 Å². The molecular formula is C13H18Cl2N2O2. The van der Waals surface area contributed by atoms with E-state index in [2.05, 4.69) is 17.2 Å². The van der Waals surface area contributed by atoms with Crippen molar-refractivity contribution in [3.05, 3.63) is 21.9 Å². The number of rotatable bonds is 3. The molecule has 0 unspecified atom stereocenters. The number of amides is 1. The fourth-order valence-electron chi connectivity index (χ4n) is 2.47. The Labute approximate surface area is 122 Å². The molecule has 1 aliphatic rings. The molecule has 106 valence electrons. The Morgan fingerprint density at radius 2 is 2.16 bits per heavy atom. The van der Waals surface area contributed by atoms with Crippen LogP contribution >= 0.6 is 23.2 Å². The third-order valence-electron chi connectivity index (χ3n) is 3.88. The first-order valence-corrected chi connectivity index (χ1v) is 7.19. The zero-order valence-electron chi connectivity index (χ0n) is 10.8. The number of carbonyl (C=O) groups excluding carboxylic acids is 1. The lowest BCUT2D eigenvalue weighted by atomic mass is 9.77. The molecule has 4 nitrogen and oxygen atoms in total. The number of hydrogen-bond donors (Lipinski definition) is 3. The summed E-state index contributed by atoms with van der Waals surface area (Å²) in [6.07, 6.45) is 3.59. The van der Waals surface area contributed by atoms with Crippen molar-refractivity contribution < 1.29 is 9.90 Å². The second kappa shape index (κ2) is 5.73. The maximum atomic E-state index is 12.2. The number of aromatic amines is 1. The van der Waals surface area contributed by atoms with Crippen LogP contribution < -0.4 is 5.32 Å². The highest BCUT2D eigenvalue weighted by Crippen LogP contribution is 2.32. The molecule has 1 amide bonds. The normalized spacial score (nSPS) is 27.3. The van der Waals surface area contributed by atoms with Gasteiger partial charge in [0.2, 0.25) is 0 Å². The molecule has 19 heavy (non-hydrogen) atoms. The second-order valence-electron chi connectivity index (χ2n) is 5.42. The van der Waals surface area contributed by atoms with Crippen LogP contribution in [0.25, 0.3) is 0 Å². The van der Waals surface area contributed by atoms with E-state index in [-0.39, 0.29) is 17.7 Å². The molecule has 0 aliphatic heterocycles. The van der Waals surface area contributed by atoms with Gasteiger partial charge in [-0.05, 0) is 37.7 Å². The lowest BCUT2D eigenvalue weighted by Crippen LogP contribution is -2.53. The van der Waals surface area contributed by atoms with Crippen molar-refractivity contribution in [1.82, 2.24) is 10.3 Å². The Kier molecular flexibility index (Phi) is 4.43. The molecule has 1 aromatic rings. The highest BCUT2D eigenvalue weighted by atomic mass is 35.5. The fourth-order valence-corrected chi connectivity index (χ4v) is 2.78. The molecule has 1 aliphatic carbocycles. The minimum atomic E-state index is -0.520. The highest BCUT2D eigenvalue weighted by Gasteiger charge is 2.35. The molecule has 0 aromatic carbocycles. The van der Waals surface area contributed by atoms with E-state index in [1.165, 1.54) is 6.07 Å². The van der Waals surface area contributed by atoms with Crippen molar-refractivity contribution >= 4 is 29.1 Å². The number of halogens is 2. The number of aromatic nitrogens is 1. The van der Waals surface area contributed by atoms with Gasteiger partial charge in [0, 0.05) is 0 Å². The van der Waals surface area contributed by atoms with Crippen molar-refractivity contribution in [3.63, 3.8) is 0 Å². The molecular weight excluding hydrogens is 287 g/mol. The first kappa shape index (κ1) is 14.7. The lowest BCUT2D eigenvalue weighted by Gasteiger charge is -2.38. The summed E-state index contributed by atoms with van der Waals surface area (Å²) in [7, 11) is 0. The summed E-state index contributed by atoms with van der Waals surface area (Å²) in [5, 5.41) is 13.1. The van der Waals surface area contributed by atoms with Crippen LogP contribution in [0.5, 0.6) is 0 Å². The van der Waals surface area contributed by atoms with Gasteiger partial charge in [0.1, 0.15) is 10.8 Å². The summed E-state index contributed by atoms with van der Waals surface area (Å²) in [6.45, 7) is 2.14. The molecule has 1 fully saturated rings. The van der Waals surface area contributed by atoms with E-state index >= 15 is 0 Å². The molecule has 0 atom stereocenters. The minimum absolute atomic E-state index is 0.0480. The van der Waals surface area contributed by atoms with Crippen LogP contribution in [0.15, 0.2) is 6.07 Å². The Balaban J connectivity index is 2.08. The third kappa shape index (κ3) is 3.25. The van der Waals surface area contributed by atoms with E-state index in [1.54, 1.807) is 0 Å². The van der Waals surface area contributed by atoms with Gasteiger partial charge in [0.05, 0.1) is 17.2 Å². The van der Waals surface area contributed by atoms with Crippen LogP contribution in [0.2, 0.25) is 10.2 Å². The van der Waals surface area contributed by atoms with Gasteiger partial charge in [0.25, 0.3) is 5.91 Å². The molecule has 3 N–H and O–H groups in total. The molecule has 1 heterocycles. The number of hydrogen-bond acceptors (Lipinski definition) is 2. The van der Waals surface area contributed by atoms with Crippen molar-refractivity contribution in [2.45, 2.75) is 38.1 Å². The predicted molar refractivity (Wildman–Crippen MR) is 75.7 cm³/mol. The van der Waals surface area contributed by atoms with E-state index in [9.17, 15) is 9.90 Å². The number of aliphatic hydroxyl groups excluding tert-OH is 1. The van der Waals surface area contributed by atoms with Gasteiger partial charge in [-0.3, -0.25) is 4.79 Å². The number of aliphatic hydroxyl groups is 1. The number of nitrogens with one attached hydrogen (secondary N) is 2. The van der Waals surface area contributed by atoms with E-state index < -0.39 is 5.54 Å². The van der Waals surface area contributed by atoms with Crippen LogP contribution in [0.1, 0.15) is 43.1 Å². The summed E-state index contributed by atoms with van der Waals surface area (Å²) < 4.78 is 0. The smallest absolute Gasteiger partial charge is 0.268 e. The van der Waals surface area contributed by atoms with Crippen molar-refractivity contribution in [2.24, 2.45) is 5.92 Å². The zero-order valence-corrected chi connectivity index (χ0v) is 12.3. The molecule has 0 spiro atoms. The van der Waals surface area contributed by atoms with E-state index in [4.69, 9.17) is 23.2 Å². The van der Waals surface area contributed by atoms with Crippen molar-refractivity contribution in [2.75, 3.05) is 6.61 Å². The third-order valence-corrected chi connectivity index (χ3v) is 4.58. The van der Waals surface area contributed by atoms with Gasteiger partial charge in [-0.2, -0.15) is 0 Å². The molecule has 2 rings (SSSR count). The summed E-state index contributed by atoms with van der Waals surface area (Å²) in [5.74, 6) is 0.364. The molecule has 6 heteroatoms. The molecule has 0 saturated heterocycles. The fraction of sp³-hybridized carbons (Fsp3) is 0.615. The van der Waals surface area contributed by atoms with E-state index in [0.29, 0.717) is 16.6 Å². The summed E-state index contributed by atoms with van der Waals surface area (Å²) in [5.41, 5.74) is -0.199. The first-order chi connectivity index (χ1) is 8.96. The monoisotopic (exact) mass is 304 g/mol. The Bertz CT molecular complexity index is 446. The van der Waals surface area contributed by atoms with Gasteiger partial charge in [-0.25, -0.2) is 0 Å². The predicted octanol–water partition coefficient (Wildman–Crippen LogP) is 2.99. The molecule has 1 saturated carbocycles. The number of carbonyl (C=O) groups is 1. The van der Waals surface area contributed by atoms with Gasteiger partial charge >= 0.3 is 0 Å². The number of H-pyrrole nitrogens is 1. The van der Waals surface area contributed by atoms with Crippen LogP contribution in [0.4, 0.5) is 0 Å². The molecule has 0 radical (unpaired) electrons. The van der Waals surface area contributed by atoms with Crippen molar-refractivity contribution in [1.29, 1.82) is 0 Å². The maximum absolute atomic E-state index is 12.2. The van der Waals surface area contributed by atoms with Crippen LogP contribution in [-0.2, 0) is 0 Å². The summed E-state index contributed by atoms with van der Waals surface area (Å²) >= 11 is 11.6. The average molecular weight is 305 g/mol. The van der Waals surface area contributed by atoms with E-state index in [1.807, 2.05) is 0 Å². The standard InChI is InChI=1S/C13H18Cl2N2O2/c1-8-2-4-13(7-18,5-3-8)17-12(19)10-6-9(14)11(15)16-10/h6,8,16,18H,2-5,7H2,1H3,(H,17,19). The molecule has 1 aromatic heterocycles. The Morgan fingerprint density at radius 3 is 2.63 bits per heavy atom. The van der Waals surface area contributed by atoms with Gasteiger partial charge in [-0.15, -0.1) is 0 Å². The zero-order chi connectivity index (χ0) is 14.0. The first-order valence-electron chi connectivity index (χ1n) is 6.43. The topological polar surface area (TPSA) is 65.1 Å². The van der Waals surface area contributed by atoms with Gasteiger partial charge < -0.3 is 15.4 Å².